The van der Waals surface area contributed by atoms with Crippen LogP contribution in [0.2, 0.25) is 5.02 Å². The van der Waals surface area contributed by atoms with Crippen LogP contribution < -0.4 is 10.3 Å². The molecule has 0 radical (unpaired) electrons. The van der Waals surface area contributed by atoms with Gasteiger partial charge in [-0.15, -0.1) is 0 Å². The highest BCUT2D eigenvalue weighted by atomic mass is 35.5. The smallest absolute Gasteiger partial charge is 0.449 e. The molecule has 0 aromatic carbocycles. The van der Waals surface area contributed by atoms with Crippen molar-refractivity contribution in [2.45, 2.75) is 18.0 Å². The Balaban J connectivity index is 3.48. The number of carboxylic acid groups (broad SMARTS) is 1. The molecule has 0 amide bonds. The molecule has 0 saturated carbocycles. The Bertz CT molecular complexity index is 654. The van der Waals surface area contributed by atoms with Crippen molar-refractivity contribution < 1.29 is 45.4 Å². The summed E-state index contributed by atoms with van der Waals surface area (Å²) in [6.07, 6.45) is -8.70. The minimum absolute atomic E-state index is 0.0736. The highest BCUT2D eigenvalue weighted by molar-refractivity contribution is 6.31. The number of nitrogens with one attached hydrogen (secondary N) is 1. The van der Waals surface area contributed by atoms with Gasteiger partial charge in [0, 0.05) is 6.07 Å². The molecule has 0 spiro atoms. The molecule has 0 bridgehead atoms. The molecule has 1 aromatic heterocycles. The first-order chi connectivity index (χ1) is 9.71. The van der Waals surface area contributed by atoms with Gasteiger partial charge in [-0.1, -0.05) is 11.6 Å². The fourth-order valence-electron chi connectivity index (χ4n) is 1.22. The van der Waals surface area contributed by atoms with E-state index in [9.17, 15) is 40.3 Å². The molecule has 0 fully saturated rings. The maximum atomic E-state index is 13.4. The number of ether oxygens (including phenoxy) is 1. The van der Waals surface area contributed by atoms with Crippen LogP contribution in [-0.2, 0) is 5.92 Å². The van der Waals surface area contributed by atoms with Crippen LogP contribution in [0.3, 0.4) is 0 Å². The minimum Gasteiger partial charge on any atom is -0.449 e. The highest BCUT2D eigenvalue weighted by Gasteiger charge is 2.74. The normalized spacial score (nSPS) is 13.1. The second kappa shape index (κ2) is 5.34. The van der Waals surface area contributed by atoms with E-state index >= 15 is 0 Å². The van der Waals surface area contributed by atoms with Crippen molar-refractivity contribution in [3.05, 3.63) is 27.1 Å². The van der Waals surface area contributed by atoms with Gasteiger partial charge in [-0.3, -0.25) is 4.79 Å². The van der Waals surface area contributed by atoms with Gasteiger partial charge in [0.25, 0.3) is 5.56 Å². The number of hydrogen-bond acceptors (Lipinski definition) is 3. The second-order valence-corrected chi connectivity index (χ2v) is 4.11. The number of carbonyl (C=O) groups is 1. The maximum Gasteiger partial charge on any atom is 0.511 e. The number of aromatic amines is 1. The van der Waals surface area contributed by atoms with Gasteiger partial charge in [0.05, 0.1) is 5.02 Å². The number of alkyl halides is 7. The number of rotatable bonds is 3. The van der Waals surface area contributed by atoms with Gasteiger partial charge in [-0.25, -0.2) is 4.79 Å². The summed E-state index contributed by atoms with van der Waals surface area (Å²) < 4.78 is 92.3. The van der Waals surface area contributed by atoms with Crippen LogP contribution in [0, 0.1) is 0 Å². The summed E-state index contributed by atoms with van der Waals surface area (Å²) in [5.41, 5.74) is -4.03. The lowest BCUT2D eigenvalue weighted by Crippen LogP contribution is -2.50. The van der Waals surface area contributed by atoms with Gasteiger partial charge in [-0.2, -0.15) is 30.7 Å². The molecule has 124 valence electrons. The maximum absolute atomic E-state index is 13.4. The molecule has 22 heavy (non-hydrogen) atoms. The average Bonchev–Trinajstić information content (AvgIpc) is 2.30. The summed E-state index contributed by atoms with van der Waals surface area (Å²) in [6, 6.07) is 0.0736. The van der Waals surface area contributed by atoms with Gasteiger partial charge >= 0.3 is 24.2 Å². The molecule has 0 aliphatic rings. The molecule has 1 aromatic rings. The third-order valence-corrected chi connectivity index (χ3v) is 2.52. The number of pyridine rings is 1. The topological polar surface area (TPSA) is 79.4 Å². The van der Waals surface area contributed by atoms with Gasteiger partial charge in [0.15, 0.2) is 0 Å². The summed E-state index contributed by atoms with van der Waals surface area (Å²) in [5, 5.41) is 6.76. The summed E-state index contributed by atoms with van der Waals surface area (Å²) in [5.74, 6) is -13.6. The van der Waals surface area contributed by atoms with Crippen molar-refractivity contribution in [2.75, 3.05) is 0 Å². The predicted molar refractivity (Wildman–Crippen MR) is 55.6 cm³/mol. The zero-order chi connectivity index (χ0) is 17.5. The fraction of sp³-hybridized carbons (Fsp3) is 0.333. The predicted octanol–water partition coefficient (Wildman–Crippen LogP) is 3.37. The van der Waals surface area contributed by atoms with E-state index in [-0.39, 0.29) is 6.07 Å². The van der Waals surface area contributed by atoms with Crippen LogP contribution >= 0.6 is 11.6 Å². The van der Waals surface area contributed by atoms with Gasteiger partial charge < -0.3 is 14.8 Å². The first-order valence-corrected chi connectivity index (χ1v) is 5.26. The number of H-pyrrole nitrogens is 1. The quantitative estimate of drug-likeness (QED) is 0.642. The van der Waals surface area contributed by atoms with E-state index in [1.54, 1.807) is 0 Å². The SMILES string of the molecule is O=C(O)Oc1cc(Cl)c(C(F)(F)C(F)(F)C(F)(F)F)[nH]c1=O. The Kier molecular flexibility index (Phi) is 4.38. The summed E-state index contributed by atoms with van der Waals surface area (Å²) in [4.78, 5) is 22.3. The van der Waals surface area contributed by atoms with Crippen LogP contribution in [0.25, 0.3) is 0 Å². The van der Waals surface area contributed by atoms with Crippen LogP contribution in [0.5, 0.6) is 5.75 Å². The van der Waals surface area contributed by atoms with Crippen molar-refractivity contribution in [3.63, 3.8) is 0 Å². The minimum atomic E-state index is -6.63. The van der Waals surface area contributed by atoms with Crippen LogP contribution in [0.1, 0.15) is 5.69 Å². The molecule has 0 unspecified atom stereocenters. The summed E-state index contributed by atoms with van der Waals surface area (Å²) >= 11 is 5.10. The highest BCUT2D eigenvalue weighted by Crippen LogP contribution is 2.52. The summed E-state index contributed by atoms with van der Waals surface area (Å²) in [7, 11) is 0. The molecule has 0 saturated heterocycles. The third kappa shape index (κ3) is 2.96. The Morgan fingerprint density at radius 2 is 1.68 bits per heavy atom. The zero-order valence-corrected chi connectivity index (χ0v) is 10.5. The van der Waals surface area contributed by atoms with Crippen LogP contribution in [-0.4, -0.2) is 28.3 Å². The molecule has 0 aliphatic heterocycles. The molecular weight excluding hydrogens is 355 g/mol. The van der Waals surface area contributed by atoms with Crippen molar-refractivity contribution in [1.29, 1.82) is 0 Å². The van der Waals surface area contributed by atoms with E-state index in [0.29, 0.717) is 0 Å². The Morgan fingerprint density at radius 1 is 1.18 bits per heavy atom. The Morgan fingerprint density at radius 3 is 2.09 bits per heavy atom. The first-order valence-electron chi connectivity index (χ1n) is 4.88. The van der Waals surface area contributed by atoms with Crippen LogP contribution in [0.4, 0.5) is 35.5 Å². The molecule has 5 nitrogen and oxygen atoms in total. The number of hydrogen-bond donors (Lipinski definition) is 2. The monoisotopic (exact) mass is 357 g/mol. The molecule has 1 rings (SSSR count). The van der Waals surface area contributed by atoms with E-state index < -0.39 is 46.2 Å². The third-order valence-electron chi connectivity index (χ3n) is 2.22. The van der Waals surface area contributed by atoms with Crippen molar-refractivity contribution >= 4 is 17.8 Å². The number of halogens is 8. The molecule has 13 heteroatoms. The van der Waals surface area contributed by atoms with Crippen molar-refractivity contribution in [1.82, 2.24) is 4.98 Å². The van der Waals surface area contributed by atoms with Gasteiger partial charge in [0.1, 0.15) is 5.69 Å². The van der Waals surface area contributed by atoms with E-state index in [1.807, 2.05) is 0 Å². The lowest BCUT2D eigenvalue weighted by molar-refractivity contribution is -0.360. The molecule has 0 aliphatic carbocycles. The molecular formula is C9H3ClF7NO4. The van der Waals surface area contributed by atoms with E-state index in [4.69, 9.17) is 16.7 Å². The lowest BCUT2D eigenvalue weighted by atomic mass is 10.1. The molecule has 2 N–H and O–H groups in total. The standard InChI is InChI=1S/C9H3ClF7NO4/c10-2-1-3(22-6(20)21)5(19)18-4(2)7(11,12)8(13,14)9(15,16)17/h1H,(H,18,19)(H,20,21). The Labute approximate surface area is 120 Å². The lowest BCUT2D eigenvalue weighted by Gasteiger charge is -2.28. The zero-order valence-electron chi connectivity index (χ0n) is 9.77. The van der Waals surface area contributed by atoms with E-state index in [0.717, 1.165) is 4.98 Å². The second-order valence-electron chi connectivity index (χ2n) is 3.70. The van der Waals surface area contributed by atoms with Crippen molar-refractivity contribution in [2.24, 2.45) is 0 Å². The molecule has 0 atom stereocenters. The molecule has 1 heterocycles. The van der Waals surface area contributed by atoms with Crippen LogP contribution in [0.15, 0.2) is 10.9 Å². The number of aromatic nitrogens is 1. The summed E-state index contributed by atoms with van der Waals surface area (Å²) in [6.45, 7) is 0. The Hall–Kier alpha value is -1.98. The van der Waals surface area contributed by atoms with Crippen molar-refractivity contribution in [3.8, 4) is 5.75 Å². The van der Waals surface area contributed by atoms with Gasteiger partial charge in [-0.05, 0) is 0 Å². The first kappa shape index (κ1) is 18.1. The fourth-order valence-corrected chi connectivity index (χ4v) is 1.49. The van der Waals surface area contributed by atoms with E-state index in [2.05, 4.69) is 4.74 Å². The largest absolute Gasteiger partial charge is 0.511 e. The average molecular weight is 358 g/mol. The van der Waals surface area contributed by atoms with E-state index in [1.165, 1.54) is 0 Å². The van der Waals surface area contributed by atoms with Gasteiger partial charge in [0.2, 0.25) is 5.75 Å².